The van der Waals surface area contributed by atoms with Gasteiger partial charge in [-0.1, -0.05) is 31.9 Å². The molecule has 0 aromatic carbocycles. The predicted molar refractivity (Wildman–Crippen MR) is 73.4 cm³/mol. The fourth-order valence-corrected chi connectivity index (χ4v) is 2.29. The highest BCUT2D eigenvalue weighted by Crippen LogP contribution is 2.22. The number of aromatic nitrogens is 2. The Morgan fingerprint density at radius 1 is 1.41 bits per heavy atom. The van der Waals surface area contributed by atoms with Gasteiger partial charge in [0.2, 0.25) is 0 Å². The molecular weight excluding hydrogens is 234 g/mol. The Kier molecular flexibility index (Phi) is 5.47. The summed E-state index contributed by atoms with van der Waals surface area (Å²) in [5.74, 6) is 0.669. The average molecular weight is 258 g/mol. The molecule has 0 aliphatic heterocycles. The van der Waals surface area contributed by atoms with Crippen molar-refractivity contribution in [3.63, 3.8) is 0 Å². The van der Waals surface area contributed by atoms with E-state index in [0.29, 0.717) is 5.92 Å². The molecule has 0 fully saturated rings. The van der Waals surface area contributed by atoms with Crippen LogP contribution in [0.4, 0.5) is 0 Å². The summed E-state index contributed by atoms with van der Waals surface area (Å²) in [5, 5.41) is 5.19. The molecule has 0 radical (unpaired) electrons. The summed E-state index contributed by atoms with van der Waals surface area (Å²) in [6, 6.07) is 0.170. The molecule has 0 aliphatic rings. The van der Waals surface area contributed by atoms with Crippen molar-refractivity contribution in [2.24, 2.45) is 11.7 Å². The van der Waals surface area contributed by atoms with Crippen LogP contribution in [-0.4, -0.2) is 15.8 Å². The van der Waals surface area contributed by atoms with E-state index in [2.05, 4.69) is 25.9 Å². The normalized spacial score (nSPS) is 14.9. The summed E-state index contributed by atoms with van der Waals surface area (Å²) >= 11 is 6.27. The van der Waals surface area contributed by atoms with Crippen molar-refractivity contribution in [1.82, 2.24) is 9.78 Å². The first-order valence-electron chi connectivity index (χ1n) is 6.46. The van der Waals surface area contributed by atoms with Gasteiger partial charge in [-0.15, -0.1) is 0 Å². The van der Waals surface area contributed by atoms with Crippen LogP contribution in [0.1, 0.15) is 45.0 Å². The molecule has 2 atom stereocenters. The van der Waals surface area contributed by atoms with Gasteiger partial charge in [0.15, 0.2) is 0 Å². The van der Waals surface area contributed by atoms with Crippen molar-refractivity contribution >= 4 is 11.6 Å². The average Bonchev–Trinajstić information content (AvgIpc) is 2.56. The van der Waals surface area contributed by atoms with Crippen LogP contribution >= 0.6 is 11.6 Å². The maximum absolute atomic E-state index is 6.27. The summed E-state index contributed by atoms with van der Waals surface area (Å²) in [6.07, 6.45) is 3.03. The second-order valence-electron chi connectivity index (χ2n) is 4.88. The van der Waals surface area contributed by atoms with Gasteiger partial charge in [-0.05, 0) is 26.2 Å². The summed E-state index contributed by atoms with van der Waals surface area (Å²) in [6.45, 7) is 9.30. The summed E-state index contributed by atoms with van der Waals surface area (Å²) < 4.78 is 1.97. The van der Waals surface area contributed by atoms with Crippen LogP contribution in [0, 0.1) is 12.8 Å². The van der Waals surface area contributed by atoms with E-state index in [-0.39, 0.29) is 6.04 Å². The zero-order valence-corrected chi connectivity index (χ0v) is 12.1. The molecule has 2 unspecified atom stereocenters. The largest absolute Gasteiger partial charge is 0.327 e. The van der Waals surface area contributed by atoms with Gasteiger partial charge in [-0.25, -0.2) is 0 Å². The van der Waals surface area contributed by atoms with Crippen LogP contribution in [0.2, 0.25) is 5.02 Å². The number of rotatable bonds is 6. The maximum atomic E-state index is 6.27. The van der Waals surface area contributed by atoms with E-state index in [9.17, 15) is 0 Å². The molecule has 4 heteroatoms. The first-order chi connectivity index (χ1) is 7.99. The van der Waals surface area contributed by atoms with Crippen LogP contribution in [-0.2, 0) is 13.0 Å². The summed E-state index contributed by atoms with van der Waals surface area (Å²) in [4.78, 5) is 0. The maximum Gasteiger partial charge on any atom is 0.0847 e. The standard InChI is InChI=1S/C13H24ClN3/c1-5-9(3)7-11(15)8-12-13(14)10(4)16-17(12)6-2/h9,11H,5-8,15H2,1-4H3. The van der Waals surface area contributed by atoms with Crippen molar-refractivity contribution < 1.29 is 0 Å². The van der Waals surface area contributed by atoms with Crippen LogP contribution in [0.3, 0.4) is 0 Å². The Morgan fingerprint density at radius 2 is 2.06 bits per heavy atom. The third kappa shape index (κ3) is 3.71. The predicted octanol–water partition coefficient (Wildman–Crippen LogP) is 3.17. The van der Waals surface area contributed by atoms with Gasteiger partial charge in [-0.3, -0.25) is 4.68 Å². The van der Waals surface area contributed by atoms with Crippen molar-refractivity contribution in [2.75, 3.05) is 0 Å². The van der Waals surface area contributed by atoms with E-state index < -0.39 is 0 Å². The van der Waals surface area contributed by atoms with Crippen LogP contribution in [0.15, 0.2) is 0 Å². The fourth-order valence-electron chi connectivity index (χ4n) is 2.08. The lowest BCUT2D eigenvalue weighted by molar-refractivity contribution is 0.441. The number of hydrogen-bond acceptors (Lipinski definition) is 2. The fraction of sp³-hybridized carbons (Fsp3) is 0.769. The number of nitrogens with zero attached hydrogens (tertiary/aromatic N) is 2. The number of hydrogen-bond donors (Lipinski definition) is 1. The SMILES string of the molecule is CCC(C)CC(N)Cc1c(Cl)c(C)nn1CC. The van der Waals surface area contributed by atoms with E-state index in [1.807, 2.05) is 11.6 Å². The van der Waals surface area contributed by atoms with Crippen molar-refractivity contribution in [3.8, 4) is 0 Å². The second-order valence-corrected chi connectivity index (χ2v) is 5.25. The molecule has 2 N–H and O–H groups in total. The highest BCUT2D eigenvalue weighted by molar-refractivity contribution is 6.31. The van der Waals surface area contributed by atoms with Gasteiger partial charge in [0.1, 0.15) is 0 Å². The molecule has 1 rings (SSSR count). The van der Waals surface area contributed by atoms with Crippen molar-refractivity contribution in [2.45, 2.75) is 59.5 Å². The number of halogens is 1. The van der Waals surface area contributed by atoms with E-state index in [1.54, 1.807) is 0 Å². The first-order valence-corrected chi connectivity index (χ1v) is 6.84. The third-order valence-corrected chi connectivity index (χ3v) is 3.80. The number of aryl methyl sites for hydroxylation is 2. The molecule has 1 heterocycles. The molecule has 0 saturated carbocycles. The Hall–Kier alpha value is -0.540. The zero-order chi connectivity index (χ0) is 13.0. The van der Waals surface area contributed by atoms with Gasteiger partial charge in [-0.2, -0.15) is 5.10 Å². The topological polar surface area (TPSA) is 43.8 Å². The van der Waals surface area contributed by atoms with E-state index >= 15 is 0 Å². The zero-order valence-electron chi connectivity index (χ0n) is 11.3. The monoisotopic (exact) mass is 257 g/mol. The molecular formula is C13H24ClN3. The lowest BCUT2D eigenvalue weighted by atomic mass is 9.97. The molecule has 0 saturated heterocycles. The molecule has 98 valence electrons. The molecule has 0 amide bonds. The summed E-state index contributed by atoms with van der Waals surface area (Å²) in [7, 11) is 0. The number of nitrogens with two attached hydrogens (primary N) is 1. The van der Waals surface area contributed by atoms with Crippen LogP contribution < -0.4 is 5.73 Å². The van der Waals surface area contributed by atoms with E-state index in [1.165, 1.54) is 6.42 Å². The Bertz CT molecular complexity index is 360. The van der Waals surface area contributed by atoms with E-state index in [4.69, 9.17) is 17.3 Å². The molecule has 0 bridgehead atoms. The lowest BCUT2D eigenvalue weighted by Crippen LogP contribution is -2.26. The van der Waals surface area contributed by atoms with Crippen molar-refractivity contribution in [1.29, 1.82) is 0 Å². The highest BCUT2D eigenvalue weighted by Gasteiger charge is 2.16. The third-order valence-electron chi connectivity index (χ3n) is 3.31. The Morgan fingerprint density at radius 3 is 2.59 bits per heavy atom. The summed E-state index contributed by atoms with van der Waals surface area (Å²) in [5.41, 5.74) is 8.17. The van der Waals surface area contributed by atoms with Gasteiger partial charge >= 0.3 is 0 Å². The molecule has 1 aromatic heterocycles. The van der Waals surface area contributed by atoms with E-state index in [0.717, 1.165) is 35.8 Å². The van der Waals surface area contributed by atoms with Gasteiger partial charge in [0.05, 0.1) is 16.4 Å². The Balaban J connectivity index is 2.73. The minimum Gasteiger partial charge on any atom is -0.327 e. The van der Waals surface area contributed by atoms with Crippen LogP contribution in [0.25, 0.3) is 0 Å². The van der Waals surface area contributed by atoms with Gasteiger partial charge in [0, 0.05) is 19.0 Å². The van der Waals surface area contributed by atoms with Crippen LogP contribution in [0.5, 0.6) is 0 Å². The first kappa shape index (κ1) is 14.5. The molecule has 3 nitrogen and oxygen atoms in total. The minimum absolute atomic E-state index is 0.170. The lowest BCUT2D eigenvalue weighted by Gasteiger charge is -2.16. The molecule has 1 aromatic rings. The molecule has 0 spiro atoms. The smallest absolute Gasteiger partial charge is 0.0847 e. The Labute approximate surface area is 109 Å². The quantitative estimate of drug-likeness (QED) is 0.851. The van der Waals surface area contributed by atoms with Crippen molar-refractivity contribution in [3.05, 3.63) is 16.4 Å². The molecule has 0 aliphatic carbocycles. The highest BCUT2D eigenvalue weighted by atomic mass is 35.5. The second kappa shape index (κ2) is 6.41. The molecule has 17 heavy (non-hydrogen) atoms. The van der Waals surface area contributed by atoms with Gasteiger partial charge < -0.3 is 5.73 Å². The van der Waals surface area contributed by atoms with Gasteiger partial charge in [0.25, 0.3) is 0 Å². The minimum atomic E-state index is 0.170.